The van der Waals surface area contributed by atoms with Gasteiger partial charge >= 0.3 is 0 Å². The van der Waals surface area contributed by atoms with Crippen LogP contribution in [-0.4, -0.2) is 66.8 Å². The lowest BCUT2D eigenvalue weighted by Crippen LogP contribution is -2.52. The highest BCUT2D eigenvalue weighted by Gasteiger charge is 2.38. The van der Waals surface area contributed by atoms with Gasteiger partial charge in [-0.15, -0.1) is 0 Å². The number of halogens is 1. The van der Waals surface area contributed by atoms with Crippen molar-refractivity contribution in [1.29, 1.82) is 0 Å². The zero-order valence-corrected chi connectivity index (χ0v) is 19.6. The molecular weight excluding hydrogens is 440 g/mol. The maximum Gasteiger partial charge on any atom is 0.238 e. The van der Waals surface area contributed by atoms with E-state index in [0.29, 0.717) is 50.0 Å². The number of rotatable bonds is 6. The first-order chi connectivity index (χ1) is 16.0. The molecule has 2 saturated heterocycles. The van der Waals surface area contributed by atoms with Gasteiger partial charge in [-0.1, -0.05) is 48.9 Å². The van der Waals surface area contributed by atoms with Crippen molar-refractivity contribution in [2.75, 3.05) is 49.5 Å². The summed E-state index contributed by atoms with van der Waals surface area (Å²) in [5.74, 6) is -0.496. The first-order valence-electron chi connectivity index (χ1n) is 11.4. The van der Waals surface area contributed by atoms with E-state index in [0.717, 1.165) is 17.7 Å². The second kappa shape index (κ2) is 10.4. The summed E-state index contributed by atoms with van der Waals surface area (Å²) in [5, 5.41) is 3.51. The molecule has 0 bridgehead atoms. The highest BCUT2D eigenvalue weighted by atomic mass is 35.5. The summed E-state index contributed by atoms with van der Waals surface area (Å²) in [6.07, 6.45) is 1.05. The molecule has 2 aliphatic rings. The van der Waals surface area contributed by atoms with Gasteiger partial charge < -0.3 is 15.1 Å². The molecule has 1 atom stereocenters. The fourth-order valence-electron chi connectivity index (χ4n) is 4.50. The van der Waals surface area contributed by atoms with Crippen molar-refractivity contribution in [2.24, 2.45) is 5.92 Å². The second-order valence-corrected chi connectivity index (χ2v) is 8.92. The molecule has 2 aromatic carbocycles. The van der Waals surface area contributed by atoms with Crippen LogP contribution in [0.4, 0.5) is 11.4 Å². The number of nitrogens with one attached hydrogen (secondary N) is 1. The molecule has 33 heavy (non-hydrogen) atoms. The Kier molecular flexibility index (Phi) is 7.30. The fourth-order valence-corrected chi connectivity index (χ4v) is 4.74. The minimum Gasteiger partial charge on any atom is -0.340 e. The number of aryl methyl sites for hydroxylation is 1. The molecule has 1 unspecified atom stereocenters. The maximum atomic E-state index is 13.1. The Hall–Kier alpha value is -2.90. The van der Waals surface area contributed by atoms with Crippen molar-refractivity contribution in [2.45, 2.75) is 19.8 Å². The molecule has 0 saturated carbocycles. The van der Waals surface area contributed by atoms with Crippen LogP contribution in [0.15, 0.2) is 48.5 Å². The lowest BCUT2D eigenvalue weighted by Gasteiger charge is -2.35. The Bertz CT molecular complexity index is 1040. The maximum absolute atomic E-state index is 13.1. The van der Waals surface area contributed by atoms with E-state index in [4.69, 9.17) is 11.6 Å². The summed E-state index contributed by atoms with van der Waals surface area (Å²) >= 11 is 6.24. The van der Waals surface area contributed by atoms with Crippen LogP contribution in [0.5, 0.6) is 0 Å². The Morgan fingerprint density at radius 3 is 2.45 bits per heavy atom. The van der Waals surface area contributed by atoms with Crippen LogP contribution in [0.25, 0.3) is 0 Å². The molecule has 174 valence electrons. The Balaban J connectivity index is 1.27. The predicted molar refractivity (Wildman–Crippen MR) is 129 cm³/mol. The first-order valence-corrected chi connectivity index (χ1v) is 11.8. The molecule has 1 N–H and O–H groups in total. The Labute approximate surface area is 199 Å². The lowest BCUT2D eigenvalue weighted by atomic mass is 10.1. The van der Waals surface area contributed by atoms with E-state index in [9.17, 15) is 14.4 Å². The van der Waals surface area contributed by atoms with Crippen molar-refractivity contribution < 1.29 is 14.4 Å². The largest absolute Gasteiger partial charge is 0.340 e. The smallest absolute Gasteiger partial charge is 0.238 e. The third-order valence-electron chi connectivity index (χ3n) is 6.34. The van der Waals surface area contributed by atoms with Crippen molar-refractivity contribution in [3.8, 4) is 0 Å². The van der Waals surface area contributed by atoms with Gasteiger partial charge in [-0.25, -0.2) is 0 Å². The predicted octanol–water partition coefficient (Wildman–Crippen LogP) is 3.04. The topological polar surface area (TPSA) is 73.0 Å². The molecule has 0 radical (unpaired) electrons. The van der Waals surface area contributed by atoms with E-state index in [1.807, 2.05) is 41.3 Å². The van der Waals surface area contributed by atoms with Crippen LogP contribution in [0.2, 0.25) is 5.02 Å². The minimum atomic E-state index is -0.367. The van der Waals surface area contributed by atoms with Gasteiger partial charge in [0.05, 0.1) is 23.2 Å². The minimum absolute atomic E-state index is 0.00104. The molecule has 2 fully saturated rings. The molecule has 7 nitrogen and oxygen atoms in total. The van der Waals surface area contributed by atoms with Crippen LogP contribution < -0.4 is 10.2 Å². The summed E-state index contributed by atoms with van der Waals surface area (Å²) < 4.78 is 0. The average Bonchev–Trinajstić information content (AvgIpc) is 3.21. The number of nitrogens with zero attached hydrogens (tertiary/aromatic N) is 3. The number of anilines is 2. The van der Waals surface area contributed by atoms with E-state index in [1.165, 1.54) is 0 Å². The van der Waals surface area contributed by atoms with Gasteiger partial charge in [-0.2, -0.15) is 0 Å². The molecule has 2 aliphatic heterocycles. The summed E-state index contributed by atoms with van der Waals surface area (Å²) in [7, 11) is 0. The standard InChI is InChI=1S/C25H29ClN4O3/c1-2-18-7-3-5-9-21(18)27-23(31)17-28-11-13-29(14-12-28)25(33)19-15-24(32)30(16-19)22-10-6-4-8-20(22)26/h3-10,19H,2,11-17H2,1H3,(H,27,31). The molecule has 8 heteroatoms. The molecular formula is C25H29ClN4O3. The molecule has 0 aromatic heterocycles. The molecule has 3 amide bonds. The average molecular weight is 469 g/mol. The van der Waals surface area contributed by atoms with Crippen LogP contribution >= 0.6 is 11.6 Å². The molecule has 4 rings (SSSR count). The normalized spacial score (nSPS) is 19.1. The van der Waals surface area contributed by atoms with Crippen molar-refractivity contribution in [3.05, 3.63) is 59.1 Å². The monoisotopic (exact) mass is 468 g/mol. The van der Waals surface area contributed by atoms with Gasteiger partial charge in [0, 0.05) is 44.8 Å². The van der Waals surface area contributed by atoms with Gasteiger partial charge in [-0.3, -0.25) is 19.3 Å². The Morgan fingerprint density at radius 1 is 1.03 bits per heavy atom. The summed E-state index contributed by atoms with van der Waals surface area (Å²) in [6, 6.07) is 15.0. The van der Waals surface area contributed by atoms with Crippen molar-refractivity contribution in [3.63, 3.8) is 0 Å². The number of hydrogen-bond acceptors (Lipinski definition) is 4. The second-order valence-electron chi connectivity index (χ2n) is 8.52. The molecule has 2 aromatic rings. The molecule has 2 heterocycles. The third kappa shape index (κ3) is 5.37. The number of piperazine rings is 1. The molecule has 0 spiro atoms. The van der Waals surface area contributed by atoms with Gasteiger partial charge in [0.2, 0.25) is 17.7 Å². The van der Waals surface area contributed by atoms with Crippen LogP contribution in [0.1, 0.15) is 18.9 Å². The number of benzene rings is 2. The van der Waals surface area contributed by atoms with Gasteiger partial charge in [0.15, 0.2) is 0 Å². The third-order valence-corrected chi connectivity index (χ3v) is 6.66. The summed E-state index contributed by atoms with van der Waals surface area (Å²) in [4.78, 5) is 43.6. The van der Waals surface area contributed by atoms with Gasteiger partial charge in [0.25, 0.3) is 0 Å². The van der Waals surface area contributed by atoms with Crippen LogP contribution in [-0.2, 0) is 20.8 Å². The summed E-state index contributed by atoms with van der Waals surface area (Å²) in [6.45, 7) is 5.06. The van der Waals surface area contributed by atoms with Crippen molar-refractivity contribution >= 4 is 40.7 Å². The van der Waals surface area contributed by atoms with Crippen molar-refractivity contribution in [1.82, 2.24) is 9.80 Å². The number of carbonyl (C=O) groups excluding carboxylic acids is 3. The van der Waals surface area contributed by atoms with E-state index in [2.05, 4.69) is 17.1 Å². The van der Waals surface area contributed by atoms with E-state index >= 15 is 0 Å². The fraction of sp³-hybridized carbons (Fsp3) is 0.400. The quantitative estimate of drug-likeness (QED) is 0.707. The number of hydrogen-bond donors (Lipinski definition) is 1. The number of para-hydroxylation sites is 2. The van der Waals surface area contributed by atoms with E-state index in [1.54, 1.807) is 17.0 Å². The number of amides is 3. The van der Waals surface area contributed by atoms with Crippen LogP contribution in [0.3, 0.4) is 0 Å². The highest BCUT2D eigenvalue weighted by molar-refractivity contribution is 6.33. The first kappa shape index (κ1) is 23.3. The SMILES string of the molecule is CCc1ccccc1NC(=O)CN1CCN(C(=O)C2CC(=O)N(c3ccccc3Cl)C2)CC1. The van der Waals surface area contributed by atoms with Gasteiger partial charge in [0.1, 0.15) is 0 Å². The molecule has 0 aliphatic carbocycles. The van der Waals surface area contributed by atoms with E-state index < -0.39 is 0 Å². The summed E-state index contributed by atoms with van der Waals surface area (Å²) in [5.41, 5.74) is 2.62. The highest BCUT2D eigenvalue weighted by Crippen LogP contribution is 2.31. The van der Waals surface area contributed by atoms with E-state index in [-0.39, 0.29) is 30.1 Å². The zero-order valence-electron chi connectivity index (χ0n) is 18.8. The number of carbonyl (C=O) groups is 3. The Morgan fingerprint density at radius 2 is 1.73 bits per heavy atom. The van der Waals surface area contributed by atoms with Gasteiger partial charge in [-0.05, 0) is 30.2 Å². The zero-order chi connectivity index (χ0) is 23.4. The van der Waals surface area contributed by atoms with Crippen LogP contribution in [0, 0.1) is 5.92 Å². The lowest BCUT2D eigenvalue weighted by molar-refractivity contribution is -0.137.